The minimum atomic E-state index is -0.165. The van der Waals surface area contributed by atoms with Crippen molar-refractivity contribution in [1.29, 1.82) is 0 Å². The number of carbonyl (C=O) groups is 1. The summed E-state index contributed by atoms with van der Waals surface area (Å²) < 4.78 is 10.5. The summed E-state index contributed by atoms with van der Waals surface area (Å²) in [7, 11) is 3.25. The SMILES string of the molecule is COc1ccc(NC(=O)c2cccc(-c3ccccc3OC)c2)cc1. The number of carbonyl (C=O) groups excluding carboxylic acids is 1. The third kappa shape index (κ3) is 3.80. The predicted octanol–water partition coefficient (Wildman–Crippen LogP) is 4.62. The van der Waals surface area contributed by atoms with E-state index >= 15 is 0 Å². The van der Waals surface area contributed by atoms with Crippen LogP contribution in [0.2, 0.25) is 0 Å². The van der Waals surface area contributed by atoms with Crippen molar-refractivity contribution in [1.82, 2.24) is 0 Å². The average Bonchev–Trinajstić information content (AvgIpc) is 2.68. The predicted molar refractivity (Wildman–Crippen MR) is 99.4 cm³/mol. The first kappa shape index (κ1) is 16.6. The van der Waals surface area contributed by atoms with Crippen molar-refractivity contribution in [3.05, 3.63) is 78.4 Å². The van der Waals surface area contributed by atoms with E-state index in [1.807, 2.05) is 42.5 Å². The van der Waals surface area contributed by atoms with Crippen LogP contribution in [0.15, 0.2) is 72.8 Å². The first-order valence-corrected chi connectivity index (χ1v) is 7.90. The molecule has 1 N–H and O–H groups in total. The zero-order valence-corrected chi connectivity index (χ0v) is 14.2. The molecule has 3 aromatic rings. The molecule has 0 saturated heterocycles. The van der Waals surface area contributed by atoms with Crippen molar-refractivity contribution in [2.75, 3.05) is 19.5 Å². The highest BCUT2D eigenvalue weighted by molar-refractivity contribution is 6.05. The molecule has 4 heteroatoms. The summed E-state index contributed by atoms with van der Waals surface area (Å²) >= 11 is 0. The van der Waals surface area contributed by atoms with E-state index in [4.69, 9.17) is 9.47 Å². The number of hydrogen-bond acceptors (Lipinski definition) is 3. The molecule has 3 rings (SSSR count). The van der Waals surface area contributed by atoms with Gasteiger partial charge < -0.3 is 14.8 Å². The summed E-state index contributed by atoms with van der Waals surface area (Å²) in [6.07, 6.45) is 0. The maximum absolute atomic E-state index is 12.5. The van der Waals surface area contributed by atoms with Crippen LogP contribution < -0.4 is 14.8 Å². The maximum Gasteiger partial charge on any atom is 0.255 e. The molecule has 0 spiro atoms. The monoisotopic (exact) mass is 333 g/mol. The summed E-state index contributed by atoms with van der Waals surface area (Å²) in [5.41, 5.74) is 3.18. The van der Waals surface area contributed by atoms with Crippen molar-refractivity contribution in [3.63, 3.8) is 0 Å². The smallest absolute Gasteiger partial charge is 0.255 e. The first-order chi connectivity index (χ1) is 12.2. The number of hydrogen-bond donors (Lipinski definition) is 1. The lowest BCUT2D eigenvalue weighted by Crippen LogP contribution is -2.11. The third-order valence-corrected chi connectivity index (χ3v) is 3.89. The highest BCUT2D eigenvalue weighted by Gasteiger charge is 2.10. The van der Waals surface area contributed by atoms with Crippen LogP contribution in [0.3, 0.4) is 0 Å². The number of ether oxygens (including phenoxy) is 2. The number of amides is 1. The van der Waals surface area contributed by atoms with E-state index in [-0.39, 0.29) is 5.91 Å². The van der Waals surface area contributed by atoms with Crippen molar-refractivity contribution >= 4 is 11.6 Å². The van der Waals surface area contributed by atoms with Crippen LogP contribution in [-0.4, -0.2) is 20.1 Å². The van der Waals surface area contributed by atoms with E-state index in [1.165, 1.54) is 0 Å². The number of methoxy groups -OCH3 is 2. The molecule has 3 aromatic carbocycles. The molecular formula is C21H19NO3. The van der Waals surface area contributed by atoms with E-state index in [0.29, 0.717) is 11.3 Å². The Morgan fingerprint density at radius 2 is 1.60 bits per heavy atom. The highest BCUT2D eigenvalue weighted by atomic mass is 16.5. The molecular weight excluding hydrogens is 314 g/mol. The van der Waals surface area contributed by atoms with Gasteiger partial charge in [-0.15, -0.1) is 0 Å². The van der Waals surface area contributed by atoms with Gasteiger partial charge in [0.05, 0.1) is 14.2 Å². The Kier molecular flexibility index (Phi) is 5.00. The standard InChI is InChI=1S/C21H19NO3/c1-24-18-12-10-17(11-13-18)22-21(23)16-7-5-6-15(14-16)19-8-3-4-9-20(19)25-2/h3-14H,1-2H3,(H,22,23). The molecule has 0 radical (unpaired) electrons. The molecule has 4 nitrogen and oxygen atoms in total. The average molecular weight is 333 g/mol. The van der Waals surface area contributed by atoms with Gasteiger partial charge in [0, 0.05) is 16.8 Å². The lowest BCUT2D eigenvalue weighted by molar-refractivity contribution is 0.102. The largest absolute Gasteiger partial charge is 0.497 e. The van der Waals surface area contributed by atoms with Gasteiger partial charge in [-0.25, -0.2) is 0 Å². The molecule has 0 heterocycles. The highest BCUT2D eigenvalue weighted by Crippen LogP contribution is 2.30. The molecule has 0 aliphatic carbocycles. The molecule has 0 atom stereocenters. The second-order valence-electron chi connectivity index (χ2n) is 5.46. The lowest BCUT2D eigenvalue weighted by atomic mass is 10.0. The van der Waals surface area contributed by atoms with Crippen LogP contribution in [0.4, 0.5) is 5.69 Å². The number of benzene rings is 3. The molecule has 0 bridgehead atoms. The molecule has 0 unspecified atom stereocenters. The zero-order valence-electron chi connectivity index (χ0n) is 14.2. The molecule has 0 aliphatic heterocycles. The van der Waals surface area contributed by atoms with Gasteiger partial charge in [0.1, 0.15) is 11.5 Å². The fraction of sp³-hybridized carbons (Fsp3) is 0.0952. The second-order valence-corrected chi connectivity index (χ2v) is 5.46. The van der Waals surface area contributed by atoms with Gasteiger partial charge >= 0.3 is 0 Å². The Morgan fingerprint density at radius 3 is 2.32 bits per heavy atom. The van der Waals surface area contributed by atoms with Crippen LogP contribution in [0.1, 0.15) is 10.4 Å². The number of para-hydroxylation sites is 1. The van der Waals surface area contributed by atoms with Crippen molar-refractivity contribution in [3.8, 4) is 22.6 Å². The Morgan fingerprint density at radius 1 is 0.840 bits per heavy atom. The Hall–Kier alpha value is -3.27. The van der Waals surface area contributed by atoms with Crippen LogP contribution >= 0.6 is 0 Å². The van der Waals surface area contributed by atoms with E-state index in [1.54, 1.807) is 44.6 Å². The maximum atomic E-state index is 12.5. The minimum absolute atomic E-state index is 0.165. The van der Waals surface area contributed by atoms with Crippen molar-refractivity contribution < 1.29 is 14.3 Å². The summed E-state index contributed by atoms with van der Waals surface area (Å²) in [5.74, 6) is 1.35. The number of anilines is 1. The van der Waals surface area contributed by atoms with Gasteiger partial charge in [-0.2, -0.15) is 0 Å². The van der Waals surface area contributed by atoms with Gasteiger partial charge in [-0.05, 0) is 48.0 Å². The molecule has 1 amide bonds. The fourth-order valence-electron chi connectivity index (χ4n) is 2.59. The van der Waals surface area contributed by atoms with E-state index in [9.17, 15) is 4.79 Å². The fourth-order valence-corrected chi connectivity index (χ4v) is 2.59. The molecule has 126 valence electrons. The van der Waals surface area contributed by atoms with Gasteiger partial charge in [-0.3, -0.25) is 4.79 Å². The van der Waals surface area contributed by atoms with E-state index in [0.717, 1.165) is 22.6 Å². The van der Waals surface area contributed by atoms with Crippen LogP contribution in [0.25, 0.3) is 11.1 Å². The molecule has 0 aliphatic rings. The summed E-state index contributed by atoms with van der Waals surface area (Å²) in [4.78, 5) is 12.5. The molecule has 0 saturated carbocycles. The van der Waals surface area contributed by atoms with Gasteiger partial charge in [0.2, 0.25) is 0 Å². The van der Waals surface area contributed by atoms with E-state index in [2.05, 4.69) is 5.32 Å². The third-order valence-electron chi connectivity index (χ3n) is 3.89. The molecule has 25 heavy (non-hydrogen) atoms. The normalized spacial score (nSPS) is 10.2. The molecule has 0 fully saturated rings. The van der Waals surface area contributed by atoms with E-state index < -0.39 is 0 Å². The van der Waals surface area contributed by atoms with Gasteiger partial charge in [0.25, 0.3) is 5.91 Å². The lowest BCUT2D eigenvalue weighted by Gasteiger charge is -2.10. The van der Waals surface area contributed by atoms with Crippen LogP contribution in [0, 0.1) is 0 Å². The first-order valence-electron chi connectivity index (χ1n) is 7.90. The second kappa shape index (κ2) is 7.53. The quantitative estimate of drug-likeness (QED) is 0.741. The number of rotatable bonds is 5. The topological polar surface area (TPSA) is 47.6 Å². The Balaban J connectivity index is 1.84. The Labute approximate surface area is 147 Å². The van der Waals surface area contributed by atoms with Gasteiger partial charge in [-0.1, -0.05) is 30.3 Å². The van der Waals surface area contributed by atoms with Gasteiger partial charge in [0.15, 0.2) is 0 Å². The minimum Gasteiger partial charge on any atom is -0.497 e. The summed E-state index contributed by atoms with van der Waals surface area (Å²) in [5, 5.41) is 2.89. The van der Waals surface area contributed by atoms with Crippen molar-refractivity contribution in [2.45, 2.75) is 0 Å². The number of nitrogens with one attached hydrogen (secondary N) is 1. The molecule has 0 aromatic heterocycles. The van der Waals surface area contributed by atoms with Crippen molar-refractivity contribution in [2.24, 2.45) is 0 Å². The van der Waals surface area contributed by atoms with Crippen LogP contribution in [-0.2, 0) is 0 Å². The summed E-state index contributed by atoms with van der Waals surface area (Å²) in [6.45, 7) is 0. The van der Waals surface area contributed by atoms with Crippen LogP contribution in [0.5, 0.6) is 11.5 Å². The Bertz CT molecular complexity index is 872. The summed E-state index contributed by atoms with van der Waals surface area (Å²) in [6, 6.07) is 22.4. The zero-order chi connectivity index (χ0) is 17.6.